The van der Waals surface area contributed by atoms with Gasteiger partial charge in [0, 0.05) is 12.2 Å². The molecule has 2 aliphatic rings. The second-order valence-electron chi connectivity index (χ2n) is 6.03. The fourth-order valence-electron chi connectivity index (χ4n) is 3.31. The lowest BCUT2D eigenvalue weighted by Gasteiger charge is -2.39. The highest BCUT2D eigenvalue weighted by Gasteiger charge is 2.48. The summed E-state index contributed by atoms with van der Waals surface area (Å²) in [6.45, 7) is 1.34. The molecule has 1 aromatic carbocycles. The molecule has 1 saturated heterocycles. The Kier molecular flexibility index (Phi) is 4.25. The second-order valence-corrected chi connectivity index (χ2v) is 6.03. The van der Waals surface area contributed by atoms with Crippen LogP contribution in [0, 0.1) is 0 Å². The average molecular weight is 306 g/mol. The second kappa shape index (κ2) is 6.16. The number of rotatable bonds is 5. The molecule has 0 aromatic heterocycles. The number of para-hydroxylation sites is 1. The van der Waals surface area contributed by atoms with E-state index in [0.29, 0.717) is 30.9 Å². The molecule has 1 heterocycles. The van der Waals surface area contributed by atoms with Gasteiger partial charge in [-0.1, -0.05) is 18.6 Å². The van der Waals surface area contributed by atoms with Gasteiger partial charge in [-0.15, -0.1) is 0 Å². The number of carbonyl (C=O) groups is 1. The summed E-state index contributed by atoms with van der Waals surface area (Å²) in [7, 11) is 1.57. The maximum absolute atomic E-state index is 11.8. The summed E-state index contributed by atoms with van der Waals surface area (Å²) in [5.41, 5.74) is -0.101. The van der Waals surface area contributed by atoms with Crippen LogP contribution in [0.2, 0.25) is 0 Å². The van der Waals surface area contributed by atoms with Gasteiger partial charge < -0.3 is 19.3 Å². The summed E-state index contributed by atoms with van der Waals surface area (Å²) in [5, 5.41) is 9.65. The van der Waals surface area contributed by atoms with E-state index in [4.69, 9.17) is 14.2 Å². The standard InChI is InChI=1S/C17H22O5/c1-20-15-13(17(16(18)19)8-4-9-17)6-2-7-14(15)22-12-5-3-10-21-11-12/h2,6-7,12H,3-5,8-11H2,1H3,(H,18,19). The first-order valence-electron chi connectivity index (χ1n) is 7.82. The van der Waals surface area contributed by atoms with Crippen LogP contribution in [0.15, 0.2) is 18.2 Å². The normalized spacial score (nSPS) is 23.4. The van der Waals surface area contributed by atoms with Crippen LogP contribution in [-0.2, 0) is 14.9 Å². The molecule has 1 unspecified atom stereocenters. The van der Waals surface area contributed by atoms with Crippen molar-refractivity contribution in [3.63, 3.8) is 0 Å². The third-order valence-corrected chi connectivity index (χ3v) is 4.73. The number of carboxylic acid groups (broad SMARTS) is 1. The van der Waals surface area contributed by atoms with Crippen LogP contribution in [0.1, 0.15) is 37.7 Å². The Labute approximate surface area is 130 Å². The first-order chi connectivity index (χ1) is 10.7. The molecule has 2 fully saturated rings. The Bertz CT molecular complexity index is 544. The van der Waals surface area contributed by atoms with Crippen molar-refractivity contribution in [2.24, 2.45) is 0 Å². The molecule has 1 aliphatic heterocycles. The van der Waals surface area contributed by atoms with Crippen LogP contribution < -0.4 is 9.47 Å². The Morgan fingerprint density at radius 3 is 2.73 bits per heavy atom. The number of carboxylic acids is 1. The van der Waals surface area contributed by atoms with Crippen LogP contribution in [0.5, 0.6) is 11.5 Å². The number of ether oxygens (including phenoxy) is 3. The highest BCUT2D eigenvalue weighted by Crippen LogP contribution is 2.49. The fraction of sp³-hybridized carbons (Fsp3) is 0.588. The maximum atomic E-state index is 11.8. The molecule has 1 atom stereocenters. The van der Waals surface area contributed by atoms with Gasteiger partial charge in [-0.25, -0.2) is 0 Å². The molecule has 0 spiro atoms. The Morgan fingerprint density at radius 1 is 1.36 bits per heavy atom. The van der Waals surface area contributed by atoms with E-state index in [-0.39, 0.29) is 6.10 Å². The van der Waals surface area contributed by atoms with E-state index in [0.717, 1.165) is 31.4 Å². The van der Waals surface area contributed by atoms with E-state index in [9.17, 15) is 9.90 Å². The molecule has 22 heavy (non-hydrogen) atoms. The van der Waals surface area contributed by atoms with Crippen LogP contribution in [0.3, 0.4) is 0 Å². The smallest absolute Gasteiger partial charge is 0.314 e. The monoisotopic (exact) mass is 306 g/mol. The van der Waals surface area contributed by atoms with Gasteiger partial charge in [0.2, 0.25) is 0 Å². The molecule has 0 bridgehead atoms. The lowest BCUT2D eigenvalue weighted by Crippen LogP contribution is -2.42. The minimum atomic E-state index is -0.826. The predicted molar refractivity (Wildman–Crippen MR) is 80.6 cm³/mol. The molecule has 120 valence electrons. The molecular weight excluding hydrogens is 284 g/mol. The Morgan fingerprint density at radius 2 is 2.18 bits per heavy atom. The third kappa shape index (κ3) is 2.54. The van der Waals surface area contributed by atoms with Crippen molar-refractivity contribution in [3.05, 3.63) is 23.8 Å². The van der Waals surface area contributed by atoms with E-state index >= 15 is 0 Å². The predicted octanol–water partition coefficient (Wildman–Crippen LogP) is 2.76. The molecule has 1 saturated carbocycles. The minimum absolute atomic E-state index is 0.0000635. The van der Waals surface area contributed by atoms with Gasteiger partial charge in [0.25, 0.3) is 0 Å². The van der Waals surface area contributed by atoms with Gasteiger partial charge >= 0.3 is 5.97 Å². The molecular formula is C17H22O5. The molecule has 0 radical (unpaired) electrons. The molecule has 5 nitrogen and oxygen atoms in total. The fourth-order valence-corrected chi connectivity index (χ4v) is 3.31. The molecule has 1 aromatic rings. The quantitative estimate of drug-likeness (QED) is 0.906. The van der Waals surface area contributed by atoms with Gasteiger partial charge in [0.15, 0.2) is 11.5 Å². The van der Waals surface area contributed by atoms with Crippen LogP contribution >= 0.6 is 0 Å². The van der Waals surface area contributed by atoms with Crippen molar-refractivity contribution in [2.45, 2.75) is 43.6 Å². The zero-order chi connectivity index (χ0) is 15.6. The van der Waals surface area contributed by atoms with E-state index in [1.807, 2.05) is 18.2 Å². The summed E-state index contributed by atoms with van der Waals surface area (Å²) in [6, 6.07) is 5.53. The first-order valence-corrected chi connectivity index (χ1v) is 7.82. The van der Waals surface area contributed by atoms with E-state index in [1.165, 1.54) is 0 Å². The lowest BCUT2D eigenvalue weighted by molar-refractivity contribution is -0.147. The van der Waals surface area contributed by atoms with Crippen LogP contribution in [0.4, 0.5) is 0 Å². The molecule has 1 aliphatic carbocycles. The van der Waals surface area contributed by atoms with Crippen molar-refractivity contribution in [1.29, 1.82) is 0 Å². The SMILES string of the molecule is COc1c(OC2CCCOC2)cccc1C1(C(=O)O)CCC1. The number of hydrogen-bond donors (Lipinski definition) is 1. The third-order valence-electron chi connectivity index (χ3n) is 4.73. The molecule has 3 rings (SSSR count). The van der Waals surface area contributed by atoms with Gasteiger partial charge in [-0.2, -0.15) is 0 Å². The minimum Gasteiger partial charge on any atom is -0.493 e. The highest BCUT2D eigenvalue weighted by molar-refractivity contribution is 5.84. The van der Waals surface area contributed by atoms with Crippen molar-refractivity contribution >= 4 is 5.97 Å². The maximum Gasteiger partial charge on any atom is 0.314 e. The van der Waals surface area contributed by atoms with Crippen LogP contribution in [0.25, 0.3) is 0 Å². The number of hydrogen-bond acceptors (Lipinski definition) is 4. The van der Waals surface area contributed by atoms with E-state index in [1.54, 1.807) is 7.11 Å². The van der Waals surface area contributed by atoms with Gasteiger partial charge in [-0.3, -0.25) is 4.79 Å². The van der Waals surface area contributed by atoms with Gasteiger partial charge in [0.1, 0.15) is 6.10 Å². The zero-order valence-electron chi connectivity index (χ0n) is 12.8. The summed E-state index contributed by atoms with van der Waals surface area (Å²) in [4.78, 5) is 11.8. The topological polar surface area (TPSA) is 65.0 Å². The molecule has 1 N–H and O–H groups in total. The highest BCUT2D eigenvalue weighted by atomic mass is 16.5. The number of methoxy groups -OCH3 is 1. The number of benzene rings is 1. The van der Waals surface area contributed by atoms with Crippen molar-refractivity contribution in [1.82, 2.24) is 0 Å². The van der Waals surface area contributed by atoms with E-state index < -0.39 is 11.4 Å². The molecule has 0 amide bonds. The zero-order valence-corrected chi connectivity index (χ0v) is 12.8. The number of aliphatic carboxylic acids is 1. The lowest BCUT2D eigenvalue weighted by atomic mass is 9.64. The molecule has 5 heteroatoms. The summed E-state index contributed by atoms with van der Waals surface area (Å²) < 4.78 is 17.0. The summed E-state index contributed by atoms with van der Waals surface area (Å²) >= 11 is 0. The van der Waals surface area contributed by atoms with Gasteiger partial charge in [-0.05, 0) is 31.7 Å². The Hall–Kier alpha value is -1.75. The van der Waals surface area contributed by atoms with Crippen molar-refractivity contribution < 1.29 is 24.1 Å². The average Bonchev–Trinajstić information content (AvgIpc) is 2.47. The van der Waals surface area contributed by atoms with Gasteiger partial charge in [0.05, 0.1) is 19.1 Å². The first kappa shape index (κ1) is 15.2. The Balaban J connectivity index is 1.91. The van der Waals surface area contributed by atoms with E-state index in [2.05, 4.69) is 0 Å². The summed E-state index contributed by atoms with van der Waals surface area (Å²) in [5.74, 6) is 0.383. The van der Waals surface area contributed by atoms with Crippen LogP contribution in [-0.4, -0.2) is 37.5 Å². The van der Waals surface area contributed by atoms with Crippen molar-refractivity contribution in [3.8, 4) is 11.5 Å². The summed E-state index contributed by atoms with van der Waals surface area (Å²) in [6.07, 6.45) is 4.14. The largest absolute Gasteiger partial charge is 0.493 e. The van der Waals surface area contributed by atoms with Crippen molar-refractivity contribution in [2.75, 3.05) is 20.3 Å².